The highest BCUT2D eigenvalue weighted by Crippen LogP contribution is 2.46. The van der Waals surface area contributed by atoms with Crippen LogP contribution in [-0.2, 0) is 60.7 Å². The van der Waals surface area contributed by atoms with Crippen LogP contribution in [-0.4, -0.2) is 152 Å². The first-order valence-corrected chi connectivity index (χ1v) is 50.0. The molecule has 0 aliphatic carbocycles. The van der Waals surface area contributed by atoms with Gasteiger partial charge in [-0.2, -0.15) is 50.5 Å². The van der Waals surface area contributed by atoms with E-state index in [1.165, 1.54) is 0 Å². The Morgan fingerprint density at radius 1 is 0.167 bits per heavy atom. The molecule has 0 unspecified atom stereocenters. The summed E-state index contributed by atoms with van der Waals surface area (Å²) in [6.07, 6.45) is -0.602. The van der Waals surface area contributed by atoms with E-state index in [-0.39, 0.29) is 78.2 Å². The van der Waals surface area contributed by atoms with Gasteiger partial charge in [0, 0.05) is 0 Å². The maximum Gasteiger partial charge on any atom is 0.264 e. The Hall–Kier alpha value is -11.9. The quantitative estimate of drug-likeness (QED) is 0.0138. The molecule has 19 aromatic carbocycles. The molecular weight excluding hydrogens is 1730 g/mol. The molecule has 19 rings (SSSR count). The number of benzene rings is 15. The highest BCUT2D eigenvalue weighted by Gasteiger charge is 2.21. The molecule has 0 fully saturated rings. The van der Waals surface area contributed by atoms with Crippen molar-refractivity contribution in [1.82, 2.24) is 0 Å². The van der Waals surface area contributed by atoms with E-state index >= 15 is 0 Å². The molecule has 0 spiro atoms. The van der Waals surface area contributed by atoms with E-state index in [1.54, 1.807) is 36.4 Å². The third-order valence-electron chi connectivity index (χ3n) is 21.9. The van der Waals surface area contributed by atoms with E-state index in [1.807, 2.05) is 218 Å². The molecule has 648 valence electrons. The van der Waals surface area contributed by atoms with Gasteiger partial charge in [0.15, 0.2) is 0 Å². The van der Waals surface area contributed by atoms with Gasteiger partial charge in [-0.25, -0.2) is 0 Å². The fourth-order valence-corrected chi connectivity index (χ4v) is 19.7. The van der Waals surface area contributed by atoms with Gasteiger partial charge >= 0.3 is 0 Å². The van der Waals surface area contributed by atoms with Crippen LogP contribution in [0.4, 0.5) is 0 Å². The molecule has 0 atom stereocenters. The summed E-state index contributed by atoms with van der Waals surface area (Å²) >= 11 is 0. The largest absolute Gasteiger partial charge is 0.494 e. The Kier molecular flexibility index (Phi) is 25.2. The second kappa shape index (κ2) is 36.2. The van der Waals surface area contributed by atoms with Gasteiger partial charge in [0.2, 0.25) is 0 Å². The lowest BCUT2D eigenvalue weighted by Crippen LogP contribution is -2.08. The van der Waals surface area contributed by atoms with Crippen LogP contribution in [0.1, 0.15) is 38.5 Å². The molecule has 126 heavy (non-hydrogen) atoms. The molecular formula is C96H84O24S6. The summed E-state index contributed by atoms with van der Waals surface area (Å²) in [7, 11) is -26.6. The van der Waals surface area contributed by atoms with E-state index in [4.69, 9.17) is 28.4 Å². The van der Waals surface area contributed by atoms with Crippen molar-refractivity contribution in [3.8, 4) is 34.5 Å². The first-order valence-electron chi connectivity index (χ1n) is 40.4. The molecule has 0 amide bonds. The molecule has 19 aromatic rings. The lowest BCUT2D eigenvalue weighted by Gasteiger charge is -2.15. The fourth-order valence-electron chi connectivity index (χ4n) is 16.8. The molecule has 0 saturated heterocycles. The Bertz CT molecular complexity index is 6730. The molecule has 0 radical (unpaired) electrons. The zero-order valence-electron chi connectivity index (χ0n) is 67.5. The second-order valence-electron chi connectivity index (χ2n) is 30.9. The smallest absolute Gasteiger partial charge is 0.264 e. The molecule has 24 nitrogen and oxygen atoms in total. The van der Waals surface area contributed by atoms with Gasteiger partial charge in [0.1, 0.15) is 34.5 Å². The van der Waals surface area contributed by atoms with Crippen molar-refractivity contribution < 1.29 is 106 Å². The van der Waals surface area contributed by atoms with Gasteiger partial charge in [-0.15, -0.1) is 0 Å². The van der Waals surface area contributed by atoms with E-state index in [2.05, 4.69) is 0 Å². The van der Waals surface area contributed by atoms with Crippen LogP contribution >= 0.6 is 0 Å². The van der Waals surface area contributed by atoms with Crippen molar-refractivity contribution in [2.24, 2.45) is 0 Å². The molecule has 6 N–H and O–H groups in total. The SMILES string of the molecule is O=S(=O)(O)CCCOc1cc2cc(c1)c1c3ccccc3c(c3cc(OCCCS(=O)(=O)O)cc(c3)c3cc(OCCCS(=O)(=O)O)cc(c3)c3c4ccccc4c(c4cc(OCCCS(=O)(=O)O)cc(c4)c4cc(OCCCS(=O)(=O)O)cc(c4)c4c5ccccc5c(c5cc(OCCCS(=O)(=O)O)cc2c5)c2ccccc24)c2ccccc23)c2ccccc21. The van der Waals surface area contributed by atoms with Gasteiger partial charge < -0.3 is 28.4 Å². The molecule has 0 aliphatic heterocycles. The summed E-state index contributed by atoms with van der Waals surface area (Å²) in [4.78, 5) is 0. The average molecular weight is 1810 g/mol. The summed E-state index contributed by atoms with van der Waals surface area (Å²) in [6.45, 7) is -0.973. The summed E-state index contributed by atoms with van der Waals surface area (Å²) in [6, 6.07) is 80.7. The molecule has 0 saturated carbocycles. The number of rotatable bonds is 30. The number of hydrogen-bond donors (Lipinski definition) is 6. The molecule has 0 heterocycles. The van der Waals surface area contributed by atoms with Crippen LogP contribution in [0.15, 0.2) is 255 Å². The van der Waals surface area contributed by atoms with Crippen molar-refractivity contribution in [2.45, 2.75) is 38.5 Å². The fraction of sp³-hybridized carbons (Fsp3) is 0.188. The Balaban J connectivity index is 1.12. The predicted octanol–water partition coefficient (Wildman–Crippen LogP) is 20.3. The van der Waals surface area contributed by atoms with Crippen LogP contribution in [0.25, 0.3) is 162 Å². The average Bonchev–Trinajstić information content (AvgIpc) is 0.735. The second-order valence-corrected chi connectivity index (χ2v) is 40.4. The zero-order valence-corrected chi connectivity index (χ0v) is 72.4. The van der Waals surface area contributed by atoms with E-state index in [0.29, 0.717) is 99.1 Å². The maximum atomic E-state index is 12.3. The number of hydrogen-bond acceptors (Lipinski definition) is 18. The maximum absolute atomic E-state index is 12.3. The lowest BCUT2D eigenvalue weighted by molar-refractivity contribution is 0.316. The Morgan fingerprint density at radius 2 is 0.278 bits per heavy atom. The first-order chi connectivity index (χ1) is 60.2. The van der Waals surface area contributed by atoms with Crippen molar-refractivity contribution in [3.63, 3.8) is 0 Å². The van der Waals surface area contributed by atoms with Crippen LogP contribution in [0.5, 0.6) is 34.5 Å². The van der Waals surface area contributed by atoms with Crippen LogP contribution in [0.2, 0.25) is 0 Å². The normalized spacial score (nSPS) is 12.5. The standard InChI is InChI=1S/C96H84O24S6/c97-121(98,99)37-13-31-115-73-49-61-43-67(55-73)91-79-19-1-2-20-80(79)92(82-22-4-3-21-81(82)91)68-44-62(50-74(56-68)116-32-14-38-122(100,101)102)64-46-70(58-76(52-64)118-34-16-40-124(106,107)108)94-87-27-9-11-29-89(87)96(90-30-12-10-28-88(90)94)72-48-66(54-78(60-72)120-36-18-42-126(112,113)114)65-47-71(59-77(53-65)119-35-17-41-125(109,110)111)95-85-25-7-5-23-83(85)93(84-24-6-8-26-86(84)95)69-45-63(61)51-75(57-69)117-33-15-39-123(103,104)105/h1-12,19-30,43-60H,13-18,31-42H2,(H,97,98,99)(H,100,101,102)(H,103,104,105)(H,106,107,108)(H,109,110,111)(H,112,113,114). The molecule has 0 aliphatic rings. The topological polar surface area (TPSA) is 382 Å². The van der Waals surface area contributed by atoms with Gasteiger partial charge in [0.05, 0.1) is 74.2 Å². The summed E-state index contributed by atoms with van der Waals surface area (Å²) < 4.78 is 246. The third kappa shape index (κ3) is 20.8. The zero-order chi connectivity index (χ0) is 88.5. The van der Waals surface area contributed by atoms with Crippen molar-refractivity contribution in [2.75, 3.05) is 74.2 Å². The monoisotopic (exact) mass is 1810 g/mol. The highest BCUT2D eigenvalue weighted by molar-refractivity contribution is 7.87. The third-order valence-corrected chi connectivity index (χ3v) is 26.7. The Morgan fingerprint density at radius 3 is 0.389 bits per heavy atom. The van der Waals surface area contributed by atoms with Crippen LogP contribution in [0.3, 0.4) is 0 Å². The van der Waals surface area contributed by atoms with Crippen molar-refractivity contribution in [3.05, 3.63) is 255 Å². The minimum Gasteiger partial charge on any atom is -0.494 e. The lowest BCUT2D eigenvalue weighted by atomic mass is 9.90. The summed E-state index contributed by atoms with van der Waals surface area (Å²) in [5.41, 5.74) is 0. The van der Waals surface area contributed by atoms with Gasteiger partial charge in [-0.1, -0.05) is 146 Å². The van der Waals surface area contributed by atoms with E-state index in [0.717, 1.165) is 97.0 Å². The highest BCUT2D eigenvalue weighted by atomic mass is 32.2. The Labute approximate surface area is 725 Å². The molecule has 0 aromatic heterocycles. The van der Waals surface area contributed by atoms with Crippen LogP contribution < -0.4 is 28.4 Å². The van der Waals surface area contributed by atoms with Crippen molar-refractivity contribution >= 4 is 222 Å². The van der Waals surface area contributed by atoms with Crippen molar-refractivity contribution in [1.29, 1.82) is 0 Å². The summed E-state index contributed by atoms with van der Waals surface area (Å²) in [5, 5.41) is 20.4. The van der Waals surface area contributed by atoms with Gasteiger partial charge in [-0.05, 0) is 309 Å². The minimum absolute atomic E-state index is 0.100. The summed E-state index contributed by atoms with van der Waals surface area (Å²) in [5.74, 6) is -1.86. The van der Waals surface area contributed by atoms with E-state index in [9.17, 15) is 77.8 Å². The molecule has 18 bridgehead atoms. The van der Waals surface area contributed by atoms with Gasteiger partial charge in [0.25, 0.3) is 60.7 Å². The first kappa shape index (κ1) is 87.6. The molecule has 30 heteroatoms. The predicted molar refractivity (Wildman–Crippen MR) is 501 cm³/mol. The van der Waals surface area contributed by atoms with E-state index < -0.39 is 95.2 Å². The minimum atomic E-state index is -4.43. The number of ether oxygens (including phenoxy) is 6. The van der Waals surface area contributed by atoms with Gasteiger partial charge in [-0.3, -0.25) is 27.3 Å². The van der Waals surface area contributed by atoms with Crippen LogP contribution in [0, 0.1) is 0 Å².